The number of hydrogen-bond donors (Lipinski definition) is 1. The fraction of sp³-hybridized carbons (Fsp3) is 0.219. The zero-order valence-electron chi connectivity index (χ0n) is 25.5. The van der Waals surface area contributed by atoms with Gasteiger partial charge in [-0.15, -0.1) is 10.2 Å². The SMILES string of the molecule is CC(=O)N1CCC(n2cc(C(c3ccc(-c4cc(Cl)ccc4-n4cnnn4)c[n+]3[O-])n3cc(-c4ccc(C(=O)O)cc4)cn3)nn2)CC1. The number of benzene rings is 2. The minimum absolute atomic E-state index is 0.0395. The Balaban J connectivity index is 1.27. The van der Waals surface area contributed by atoms with E-state index in [9.17, 15) is 19.9 Å². The van der Waals surface area contributed by atoms with Crippen molar-refractivity contribution < 1.29 is 19.4 Å². The predicted octanol–water partition coefficient (Wildman–Crippen LogP) is 3.59. The van der Waals surface area contributed by atoms with Crippen LogP contribution in [-0.2, 0) is 4.79 Å². The van der Waals surface area contributed by atoms with Crippen LogP contribution in [0.15, 0.2) is 85.7 Å². The summed E-state index contributed by atoms with van der Waals surface area (Å²) in [5.41, 5.74) is 4.35. The zero-order chi connectivity index (χ0) is 33.4. The van der Waals surface area contributed by atoms with E-state index in [0.29, 0.717) is 46.3 Å². The highest BCUT2D eigenvalue weighted by Gasteiger charge is 2.31. The summed E-state index contributed by atoms with van der Waals surface area (Å²) in [5.74, 6) is -0.968. The van der Waals surface area contributed by atoms with Crippen molar-refractivity contribution in [3.05, 3.63) is 113 Å². The molecule has 1 unspecified atom stereocenters. The molecule has 48 heavy (non-hydrogen) atoms. The molecular formula is C32H28ClN11O4. The second kappa shape index (κ2) is 12.7. The second-order valence-corrected chi connectivity index (χ2v) is 11.9. The topological polar surface area (TPSA) is 177 Å². The van der Waals surface area contributed by atoms with E-state index in [1.807, 2.05) is 17.2 Å². The normalized spacial score (nSPS) is 14.2. The van der Waals surface area contributed by atoms with Gasteiger partial charge < -0.3 is 15.2 Å². The number of aromatic nitrogens is 10. The summed E-state index contributed by atoms with van der Waals surface area (Å²) in [5, 5.41) is 48.7. The number of pyridine rings is 1. The fourth-order valence-corrected chi connectivity index (χ4v) is 6.14. The van der Waals surface area contributed by atoms with E-state index in [1.165, 1.54) is 29.3 Å². The minimum atomic E-state index is -1.02. The zero-order valence-corrected chi connectivity index (χ0v) is 26.3. The molecule has 7 rings (SSSR count). The second-order valence-electron chi connectivity index (χ2n) is 11.4. The molecule has 4 aromatic heterocycles. The molecule has 0 radical (unpaired) electrons. The van der Waals surface area contributed by atoms with Gasteiger partial charge in [-0.05, 0) is 65.2 Å². The third kappa shape index (κ3) is 5.98. The first-order valence-corrected chi connectivity index (χ1v) is 15.4. The van der Waals surface area contributed by atoms with E-state index in [4.69, 9.17) is 11.6 Å². The minimum Gasteiger partial charge on any atom is -0.618 e. The lowest BCUT2D eigenvalue weighted by Crippen LogP contribution is -2.37. The first-order chi connectivity index (χ1) is 23.2. The van der Waals surface area contributed by atoms with Crippen LogP contribution < -0.4 is 4.73 Å². The molecule has 242 valence electrons. The average Bonchev–Trinajstić information content (AvgIpc) is 3.89. The summed E-state index contributed by atoms with van der Waals surface area (Å²) < 4.78 is 5.70. The van der Waals surface area contributed by atoms with Gasteiger partial charge in [0.1, 0.15) is 12.0 Å². The van der Waals surface area contributed by atoms with Crippen molar-refractivity contribution in [3.8, 4) is 27.9 Å². The third-order valence-electron chi connectivity index (χ3n) is 8.51. The van der Waals surface area contributed by atoms with Crippen molar-refractivity contribution in [3.63, 3.8) is 0 Å². The number of tetrazole rings is 1. The molecule has 0 bridgehead atoms. The Morgan fingerprint density at radius 1 is 1.00 bits per heavy atom. The highest BCUT2D eigenvalue weighted by Crippen LogP contribution is 2.32. The van der Waals surface area contributed by atoms with Gasteiger partial charge in [0.2, 0.25) is 11.6 Å². The van der Waals surface area contributed by atoms with E-state index in [2.05, 4.69) is 30.9 Å². The molecule has 1 atom stereocenters. The van der Waals surface area contributed by atoms with Crippen molar-refractivity contribution in [2.24, 2.45) is 0 Å². The Morgan fingerprint density at radius 3 is 2.46 bits per heavy atom. The Morgan fingerprint density at radius 2 is 1.77 bits per heavy atom. The molecular weight excluding hydrogens is 638 g/mol. The summed E-state index contributed by atoms with van der Waals surface area (Å²) in [7, 11) is 0. The predicted molar refractivity (Wildman–Crippen MR) is 171 cm³/mol. The van der Waals surface area contributed by atoms with Gasteiger partial charge in [-0.2, -0.15) is 14.5 Å². The van der Waals surface area contributed by atoms with Gasteiger partial charge in [-0.1, -0.05) is 28.9 Å². The molecule has 1 amide bonds. The molecule has 6 aromatic rings. The quantitative estimate of drug-likeness (QED) is 0.187. The maximum atomic E-state index is 13.9. The lowest BCUT2D eigenvalue weighted by Gasteiger charge is -2.31. The van der Waals surface area contributed by atoms with Crippen molar-refractivity contribution in [2.75, 3.05) is 13.1 Å². The Bertz CT molecular complexity index is 2100. The number of amides is 1. The molecule has 5 heterocycles. The summed E-state index contributed by atoms with van der Waals surface area (Å²) >= 11 is 6.35. The molecule has 16 heteroatoms. The summed E-state index contributed by atoms with van der Waals surface area (Å²) in [6, 6.07) is 14.5. The van der Waals surface area contributed by atoms with Crippen molar-refractivity contribution in [2.45, 2.75) is 31.8 Å². The van der Waals surface area contributed by atoms with Crippen molar-refractivity contribution >= 4 is 23.5 Å². The number of halogens is 1. The van der Waals surface area contributed by atoms with Crippen LogP contribution in [0.1, 0.15) is 53.6 Å². The summed E-state index contributed by atoms with van der Waals surface area (Å²) in [6.07, 6.45) is 9.63. The van der Waals surface area contributed by atoms with Gasteiger partial charge in [0.25, 0.3) is 0 Å². The van der Waals surface area contributed by atoms with E-state index in [-0.39, 0.29) is 17.5 Å². The van der Waals surface area contributed by atoms with Gasteiger partial charge in [0, 0.05) is 54.0 Å². The average molecular weight is 666 g/mol. The molecule has 1 aliphatic heterocycles. The molecule has 2 aromatic carbocycles. The summed E-state index contributed by atoms with van der Waals surface area (Å²) in [4.78, 5) is 25.0. The van der Waals surface area contributed by atoms with Crippen molar-refractivity contribution in [1.29, 1.82) is 0 Å². The van der Waals surface area contributed by atoms with Crippen LogP contribution in [-0.4, -0.2) is 80.0 Å². The standard InChI is InChI=1S/C32H28ClN11O4/c1-20(45)40-12-10-26(11-13-40)41-18-28(36-38-41)31(42-16-24(15-35-42)21-2-4-22(5-3-21)32(46)47)30-8-6-23(17-44(30)48)27-14-25(33)7-9-29(27)43-19-34-37-39-43/h2-9,14-19,26,31H,10-13H2,1H3,(H,46,47). The number of carboxylic acids is 1. The number of carbonyl (C=O) groups excluding carboxylic acids is 1. The number of carbonyl (C=O) groups is 2. The maximum absolute atomic E-state index is 13.9. The molecule has 1 saturated heterocycles. The molecule has 1 aliphatic rings. The van der Waals surface area contributed by atoms with E-state index >= 15 is 0 Å². The molecule has 1 fully saturated rings. The molecule has 0 spiro atoms. The maximum Gasteiger partial charge on any atom is 0.335 e. The van der Waals surface area contributed by atoms with Gasteiger partial charge in [0.05, 0.1) is 29.7 Å². The Hall–Kier alpha value is -5.96. The number of aromatic carboxylic acids is 1. The van der Waals surface area contributed by atoms with Gasteiger partial charge in [-0.3, -0.25) is 9.48 Å². The van der Waals surface area contributed by atoms with Gasteiger partial charge in [-0.25, -0.2) is 9.48 Å². The van der Waals surface area contributed by atoms with Crippen LogP contribution in [0, 0.1) is 5.21 Å². The largest absolute Gasteiger partial charge is 0.618 e. The highest BCUT2D eigenvalue weighted by molar-refractivity contribution is 6.31. The molecule has 1 N–H and O–H groups in total. The molecule has 0 saturated carbocycles. The van der Waals surface area contributed by atoms with Crippen LogP contribution in [0.5, 0.6) is 0 Å². The van der Waals surface area contributed by atoms with Crippen LogP contribution in [0.3, 0.4) is 0 Å². The van der Waals surface area contributed by atoms with E-state index in [1.54, 1.807) is 65.1 Å². The first-order valence-electron chi connectivity index (χ1n) is 15.1. The number of rotatable bonds is 8. The smallest absolute Gasteiger partial charge is 0.335 e. The number of nitrogens with zero attached hydrogens (tertiary/aromatic N) is 11. The third-order valence-corrected chi connectivity index (χ3v) is 8.75. The van der Waals surface area contributed by atoms with Crippen molar-refractivity contribution in [1.82, 2.24) is 49.9 Å². The highest BCUT2D eigenvalue weighted by atomic mass is 35.5. The van der Waals surface area contributed by atoms with Gasteiger partial charge >= 0.3 is 5.97 Å². The fourth-order valence-electron chi connectivity index (χ4n) is 5.97. The number of carboxylic acid groups (broad SMARTS) is 1. The lowest BCUT2D eigenvalue weighted by molar-refractivity contribution is -0.615. The Kier molecular flexibility index (Phi) is 8.10. The molecule has 0 aliphatic carbocycles. The number of piperidine rings is 1. The number of hydrogen-bond acceptors (Lipinski definition) is 9. The van der Waals surface area contributed by atoms with E-state index in [0.717, 1.165) is 28.7 Å². The lowest BCUT2D eigenvalue weighted by atomic mass is 10.0. The molecule has 15 nitrogen and oxygen atoms in total. The number of likely N-dealkylation sites (tertiary alicyclic amines) is 1. The van der Waals surface area contributed by atoms with Crippen LogP contribution in [0.2, 0.25) is 5.02 Å². The van der Waals surface area contributed by atoms with Crippen LogP contribution in [0.25, 0.3) is 27.9 Å². The van der Waals surface area contributed by atoms with Crippen LogP contribution >= 0.6 is 11.6 Å². The summed E-state index contributed by atoms with van der Waals surface area (Å²) in [6.45, 7) is 2.82. The monoisotopic (exact) mass is 665 g/mol. The van der Waals surface area contributed by atoms with Gasteiger partial charge in [0.15, 0.2) is 12.2 Å². The Labute approximate surface area is 278 Å². The van der Waals surface area contributed by atoms with E-state index < -0.39 is 12.0 Å². The first kappa shape index (κ1) is 30.7. The van der Waals surface area contributed by atoms with Crippen LogP contribution in [0.4, 0.5) is 0 Å².